The lowest BCUT2D eigenvalue weighted by Crippen LogP contribution is -2.09. The minimum Gasteiger partial charge on any atom is -0.350 e. The van der Waals surface area contributed by atoms with Crippen molar-refractivity contribution in [3.8, 4) is 0 Å². The van der Waals surface area contributed by atoms with Crippen LogP contribution >= 0.6 is 11.6 Å². The largest absolute Gasteiger partial charge is 0.350 e. The molecule has 0 unspecified atom stereocenters. The molecular formula is C15H19ClN4. The average molecular weight is 291 g/mol. The number of nitrogens with one attached hydrogen (secondary N) is 1. The van der Waals surface area contributed by atoms with Crippen molar-refractivity contribution in [2.45, 2.75) is 45.7 Å². The predicted molar refractivity (Wildman–Crippen MR) is 81.1 cm³/mol. The van der Waals surface area contributed by atoms with E-state index in [1.165, 1.54) is 24.8 Å². The molecule has 0 radical (unpaired) electrons. The summed E-state index contributed by atoms with van der Waals surface area (Å²) in [4.78, 5) is 0. The van der Waals surface area contributed by atoms with Crippen LogP contribution in [0, 0.1) is 6.92 Å². The van der Waals surface area contributed by atoms with Gasteiger partial charge in [-0.15, -0.1) is 10.2 Å². The second-order valence-electron chi connectivity index (χ2n) is 5.28. The van der Waals surface area contributed by atoms with Gasteiger partial charge >= 0.3 is 0 Å². The normalized spacial score (nSPS) is 14.7. The molecule has 0 bridgehead atoms. The first-order valence-corrected chi connectivity index (χ1v) is 7.53. The van der Waals surface area contributed by atoms with Crippen LogP contribution in [0.5, 0.6) is 0 Å². The van der Waals surface area contributed by atoms with E-state index in [1.807, 2.05) is 19.1 Å². The highest BCUT2D eigenvalue weighted by Gasteiger charge is 2.14. The molecule has 5 heteroatoms. The molecule has 2 heterocycles. The highest BCUT2D eigenvalue weighted by molar-refractivity contribution is 6.31. The summed E-state index contributed by atoms with van der Waals surface area (Å²) in [6.45, 7) is 3.79. The summed E-state index contributed by atoms with van der Waals surface area (Å²) in [6.07, 6.45) is 4.72. The summed E-state index contributed by atoms with van der Waals surface area (Å²) >= 11 is 6.15. The van der Waals surface area contributed by atoms with E-state index in [-0.39, 0.29) is 0 Å². The Kier molecular flexibility index (Phi) is 3.92. The maximum atomic E-state index is 6.15. The lowest BCUT2D eigenvalue weighted by molar-refractivity contribution is 0.635. The monoisotopic (exact) mass is 290 g/mol. The van der Waals surface area contributed by atoms with Crippen LogP contribution in [-0.2, 0) is 19.5 Å². The Morgan fingerprint density at radius 1 is 1.25 bits per heavy atom. The van der Waals surface area contributed by atoms with Crippen LogP contribution in [0.3, 0.4) is 0 Å². The summed E-state index contributed by atoms with van der Waals surface area (Å²) in [6, 6.07) is 5.99. The van der Waals surface area contributed by atoms with Crippen molar-refractivity contribution in [2.24, 2.45) is 0 Å². The Balaban J connectivity index is 1.76. The van der Waals surface area contributed by atoms with Crippen molar-refractivity contribution in [1.29, 1.82) is 0 Å². The number of halogens is 1. The minimum atomic E-state index is 0.727. The van der Waals surface area contributed by atoms with Gasteiger partial charge in [0.05, 0.1) is 0 Å². The van der Waals surface area contributed by atoms with E-state index >= 15 is 0 Å². The molecule has 1 N–H and O–H groups in total. The Morgan fingerprint density at radius 3 is 3.05 bits per heavy atom. The van der Waals surface area contributed by atoms with E-state index < -0.39 is 0 Å². The minimum absolute atomic E-state index is 0.727. The first kappa shape index (κ1) is 13.4. The smallest absolute Gasteiger partial charge is 0.224 e. The fraction of sp³-hybridized carbons (Fsp3) is 0.467. The van der Waals surface area contributed by atoms with Crippen LogP contribution in [0.25, 0.3) is 0 Å². The van der Waals surface area contributed by atoms with Gasteiger partial charge in [-0.25, -0.2) is 0 Å². The number of hydrogen-bond donors (Lipinski definition) is 1. The maximum Gasteiger partial charge on any atom is 0.224 e. The average Bonchev–Trinajstić information content (AvgIpc) is 2.68. The molecule has 0 amide bonds. The number of aromatic nitrogens is 3. The van der Waals surface area contributed by atoms with Crippen LogP contribution < -0.4 is 5.32 Å². The molecule has 1 aromatic heterocycles. The van der Waals surface area contributed by atoms with Crippen molar-refractivity contribution in [1.82, 2.24) is 14.8 Å². The van der Waals surface area contributed by atoms with Crippen LogP contribution in [0.4, 0.5) is 5.95 Å². The molecule has 0 saturated carbocycles. The van der Waals surface area contributed by atoms with Gasteiger partial charge in [0.2, 0.25) is 5.95 Å². The highest BCUT2D eigenvalue weighted by Crippen LogP contribution is 2.21. The molecule has 1 aliphatic heterocycles. The van der Waals surface area contributed by atoms with E-state index in [9.17, 15) is 0 Å². The molecule has 0 spiro atoms. The zero-order valence-corrected chi connectivity index (χ0v) is 12.5. The Morgan fingerprint density at radius 2 is 2.15 bits per heavy atom. The van der Waals surface area contributed by atoms with Crippen molar-refractivity contribution in [2.75, 3.05) is 5.32 Å². The number of nitrogens with zero attached hydrogens (tertiary/aromatic N) is 3. The first-order chi connectivity index (χ1) is 9.75. The quantitative estimate of drug-likeness (QED) is 0.939. The molecule has 0 fully saturated rings. The third-order valence-corrected chi connectivity index (χ3v) is 4.34. The van der Waals surface area contributed by atoms with E-state index in [4.69, 9.17) is 11.6 Å². The maximum absolute atomic E-state index is 6.15. The zero-order chi connectivity index (χ0) is 13.9. The standard InChI is InChI=1S/C15H19ClN4/c1-11-12(6-5-7-13(11)16)10-17-15-19-18-14-8-3-2-4-9-20(14)15/h5-7H,2-4,8-10H2,1H3,(H,17,19). The number of fused-ring (bicyclic) bond motifs is 1. The third-order valence-electron chi connectivity index (χ3n) is 3.93. The summed E-state index contributed by atoms with van der Waals surface area (Å²) in [7, 11) is 0. The molecule has 1 aliphatic rings. The zero-order valence-electron chi connectivity index (χ0n) is 11.7. The molecule has 0 saturated heterocycles. The highest BCUT2D eigenvalue weighted by atomic mass is 35.5. The fourth-order valence-electron chi connectivity index (χ4n) is 2.63. The summed E-state index contributed by atoms with van der Waals surface area (Å²) in [5, 5.41) is 12.8. The molecule has 106 valence electrons. The van der Waals surface area contributed by atoms with Crippen LogP contribution in [-0.4, -0.2) is 14.8 Å². The Hall–Kier alpha value is -1.55. The van der Waals surface area contributed by atoms with Gasteiger partial charge in [-0.3, -0.25) is 4.57 Å². The molecule has 20 heavy (non-hydrogen) atoms. The molecule has 0 atom stereocenters. The molecule has 1 aromatic carbocycles. The lowest BCUT2D eigenvalue weighted by Gasteiger charge is -2.11. The van der Waals surface area contributed by atoms with Crippen LogP contribution in [0.2, 0.25) is 5.02 Å². The number of benzene rings is 1. The number of anilines is 1. The molecule has 2 aromatic rings. The SMILES string of the molecule is Cc1c(Cl)cccc1CNc1nnc2n1CCCCC2. The van der Waals surface area contributed by atoms with Crippen LogP contribution in [0.15, 0.2) is 18.2 Å². The third kappa shape index (κ3) is 2.66. The van der Waals surface area contributed by atoms with Gasteiger partial charge in [-0.05, 0) is 37.0 Å². The fourth-order valence-corrected chi connectivity index (χ4v) is 2.83. The van der Waals surface area contributed by atoms with Crippen molar-refractivity contribution < 1.29 is 0 Å². The number of rotatable bonds is 3. The van der Waals surface area contributed by atoms with Gasteiger partial charge in [0.1, 0.15) is 5.82 Å². The van der Waals surface area contributed by atoms with Gasteiger partial charge in [-0.2, -0.15) is 0 Å². The Bertz CT molecular complexity index is 606. The second-order valence-corrected chi connectivity index (χ2v) is 5.69. The van der Waals surface area contributed by atoms with Gasteiger partial charge < -0.3 is 5.32 Å². The van der Waals surface area contributed by atoms with Gasteiger partial charge in [0.15, 0.2) is 0 Å². The Labute approximate surface area is 124 Å². The summed E-state index contributed by atoms with van der Waals surface area (Å²) in [5.74, 6) is 1.98. The van der Waals surface area contributed by atoms with Crippen molar-refractivity contribution >= 4 is 17.5 Å². The van der Waals surface area contributed by atoms with Gasteiger partial charge in [-0.1, -0.05) is 30.2 Å². The lowest BCUT2D eigenvalue weighted by atomic mass is 10.1. The molecule has 0 aliphatic carbocycles. The van der Waals surface area contributed by atoms with Crippen LogP contribution in [0.1, 0.15) is 36.2 Å². The van der Waals surface area contributed by atoms with Crippen molar-refractivity contribution in [3.05, 3.63) is 40.2 Å². The number of aryl methyl sites for hydroxylation is 1. The number of hydrogen-bond acceptors (Lipinski definition) is 3. The predicted octanol–water partition coefficient (Wildman–Crippen LogP) is 3.58. The van der Waals surface area contributed by atoms with E-state index in [0.717, 1.165) is 41.9 Å². The van der Waals surface area contributed by atoms with Crippen molar-refractivity contribution in [3.63, 3.8) is 0 Å². The first-order valence-electron chi connectivity index (χ1n) is 7.15. The molecule has 3 rings (SSSR count). The van der Waals surface area contributed by atoms with E-state index in [0.29, 0.717) is 0 Å². The van der Waals surface area contributed by atoms with E-state index in [2.05, 4.69) is 26.1 Å². The summed E-state index contributed by atoms with van der Waals surface area (Å²) < 4.78 is 2.22. The topological polar surface area (TPSA) is 42.7 Å². The summed E-state index contributed by atoms with van der Waals surface area (Å²) in [5.41, 5.74) is 2.32. The van der Waals surface area contributed by atoms with E-state index in [1.54, 1.807) is 0 Å². The van der Waals surface area contributed by atoms with Gasteiger partial charge in [0.25, 0.3) is 0 Å². The van der Waals surface area contributed by atoms with Gasteiger partial charge in [0, 0.05) is 24.5 Å². The molecule has 4 nitrogen and oxygen atoms in total. The molecular weight excluding hydrogens is 272 g/mol. The second kappa shape index (κ2) is 5.83.